The minimum absolute atomic E-state index is 0.112. The Hall–Kier alpha value is -2.41. The Morgan fingerprint density at radius 3 is 2.29 bits per heavy atom. The van der Waals surface area contributed by atoms with E-state index in [4.69, 9.17) is 0 Å². The van der Waals surface area contributed by atoms with E-state index in [2.05, 4.69) is 14.8 Å². The van der Waals surface area contributed by atoms with E-state index in [1.807, 2.05) is 19.1 Å². The fourth-order valence-corrected chi connectivity index (χ4v) is 3.67. The van der Waals surface area contributed by atoms with Crippen molar-refractivity contribution in [1.82, 2.24) is 9.88 Å². The highest BCUT2D eigenvalue weighted by atomic mass is 19.4. The Labute approximate surface area is 163 Å². The lowest BCUT2D eigenvalue weighted by Gasteiger charge is -2.41. The minimum Gasteiger partial charge on any atom is -0.337 e. The van der Waals surface area contributed by atoms with Gasteiger partial charge in [-0.2, -0.15) is 13.2 Å². The van der Waals surface area contributed by atoms with Crippen LogP contribution in [-0.2, 0) is 11.0 Å². The molecule has 0 amide bonds. The molecular formula is C21H24F3N3O. The second-order valence-electron chi connectivity index (χ2n) is 7.18. The molecule has 7 heteroatoms. The number of rotatable bonds is 5. The van der Waals surface area contributed by atoms with Gasteiger partial charge in [-0.3, -0.25) is 14.7 Å². The maximum Gasteiger partial charge on any atom is 0.416 e. The molecule has 0 bridgehead atoms. The van der Waals surface area contributed by atoms with Gasteiger partial charge < -0.3 is 4.90 Å². The smallest absolute Gasteiger partial charge is 0.337 e. The van der Waals surface area contributed by atoms with Crippen LogP contribution in [0.3, 0.4) is 0 Å². The first-order chi connectivity index (χ1) is 13.3. The molecule has 1 aliphatic heterocycles. The summed E-state index contributed by atoms with van der Waals surface area (Å²) in [6.07, 6.45) is 0.667. The molecule has 1 saturated heterocycles. The summed E-state index contributed by atoms with van der Waals surface area (Å²) in [5.41, 5.74) is 0.895. The van der Waals surface area contributed by atoms with E-state index < -0.39 is 11.7 Å². The third-order valence-corrected chi connectivity index (χ3v) is 5.40. The molecule has 1 aromatic carbocycles. The molecule has 150 valence electrons. The number of pyridine rings is 1. The zero-order valence-corrected chi connectivity index (χ0v) is 16.0. The van der Waals surface area contributed by atoms with Crippen molar-refractivity contribution in [3.63, 3.8) is 0 Å². The van der Waals surface area contributed by atoms with Gasteiger partial charge >= 0.3 is 6.18 Å². The number of alkyl halides is 3. The lowest BCUT2D eigenvalue weighted by molar-refractivity contribution is -0.137. The molecule has 1 aromatic heterocycles. The molecule has 0 radical (unpaired) electrons. The molecule has 1 aliphatic rings. The average molecular weight is 391 g/mol. The summed E-state index contributed by atoms with van der Waals surface area (Å²) in [6.45, 7) is 5.05. The Bertz CT molecular complexity index is 785. The van der Waals surface area contributed by atoms with Gasteiger partial charge in [-0.05, 0) is 63.1 Å². The molecule has 4 nitrogen and oxygen atoms in total. The van der Waals surface area contributed by atoms with Gasteiger partial charge in [-0.25, -0.2) is 0 Å². The topological polar surface area (TPSA) is 36.4 Å². The summed E-state index contributed by atoms with van der Waals surface area (Å²) in [4.78, 5) is 20.1. The Morgan fingerprint density at radius 1 is 1.14 bits per heavy atom. The van der Waals surface area contributed by atoms with Gasteiger partial charge in [0.1, 0.15) is 5.78 Å². The van der Waals surface area contributed by atoms with Gasteiger partial charge in [0.05, 0.1) is 23.5 Å². The summed E-state index contributed by atoms with van der Waals surface area (Å²) in [5.74, 6) is 0.144. The van der Waals surface area contributed by atoms with Crippen LogP contribution in [0.1, 0.15) is 32.3 Å². The largest absolute Gasteiger partial charge is 0.416 e. The molecule has 28 heavy (non-hydrogen) atoms. The van der Waals surface area contributed by atoms with E-state index in [1.165, 1.54) is 12.1 Å². The summed E-state index contributed by atoms with van der Waals surface area (Å²) in [5, 5.41) is 0. The van der Waals surface area contributed by atoms with Crippen LogP contribution in [0.25, 0.3) is 0 Å². The number of aromatic nitrogens is 1. The Kier molecular flexibility index (Phi) is 6.03. The zero-order chi connectivity index (χ0) is 20.3. The third kappa shape index (κ3) is 4.52. The molecule has 0 aliphatic carbocycles. The molecule has 2 heterocycles. The second-order valence-corrected chi connectivity index (χ2v) is 7.18. The fourth-order valence-electron chi connectivity index (χ4n) is 3.67. The van der Waals surface area contributed by atoms with E-state index in [0.717, 1.165) is 43.8 Å². The van der Waals surface area contributed by atoms with Crippen LogP contribution in [0.4, 0.5) is 24.5 Å². The predicted octanol–water partition coefficient (Wildman–Crippen LogP) is 4.68. The SMILES string of the molecule is CC(=O)C(C)N1CCC(N(c2ccc(C(F)(F)F)cc2)c2cccnc2)CC1. The van der Waals surface area contributed by atoms with Crippen molar-refractivity contribution in [2.75, 3.05) is 18.0 Å². The normalized spacial score (nSPS) is 17.3. The number of hydrogen-bond acceptors (Lipinski definition) is 4. The van der Waals surface area contributed by atoms with E-state index in [9.17, 15) is 18.0 Å². The van der Waals surface area contributed by atoms with Gasteiger partial charge in [0.2, 0.25) is 0 Å². The Balaban J connectivity index is 1.84. The molecule has 0 spiro atoms. The lowest BCUT2D eigenvalue weighted by atomic mass is 9.99. The van der Waals surface area contributed by atoms with Crippen LogP contribution in [0.2, 0.25) is 0 Å². The first kappa shape index (κ1) is 20.3. The molecule has 3 rings (SSSR count). The zero-order valence-electron chi connectivity index (χ0n) is 16.0. The molecule has 1 atom stereocenters. The van der Waals surface area contributed by atoms with E-state index in [1.54, 1.807) is 19.3 Å². The number of anilines is 2. The maximum absolute atomic E-state index is 12.9. The van der Waals surface area contributed by atoms with Crippen molar-refractivity contribution in [2.45, 2.75) is 44.9 Å². The minimum atomic E-state index is -4.36. The van der Waals surface area contributed by atoms with Crippen molar-refractivity contribution >= 4 is 17.2 Å². The van der Waals surface area contributed by atoms with Crippen molar-refractivity contribution in [2.24, 2.45) is 0 Å². The molecular weight excluding hydrogens is 367 g/mol. The summed E-state index contributed by atoms with van der Waals surface area (Å²) < 4.78 is 38.8. The van der Waals surface area contributed by atoms with E-state index in [-0.39, 0.29) is 17.9 Å². The second kappa shape index (κ2) is 8.31. The summed E-state index contributed by atoms with van der Waals surface area (Å²) >= 11 is 0. The average Bonchev–Trinajstić information content (AvgIpc) is 2.69. The number of likely N-dealkylation sites (tertiary alicyclic amines) is 1. The molecule has 1 fully saturated rings. The maximum atomic E-state index is 12.9. The van der Waals surface area contributed by atoms with Crippen LogP contribution < -0.4 is 4.90 Å². The molecule has 1 unspecified atom stereocenters. The molecule has 0 saturated carbocycles. The first-order valence-corrected chi connectivity index (χ1v) is 9.38. The number of Topliss-reactive ketones (excluding diaryl/α,β-unsaturated/α-hetero) is 1. The number of halogens is 3. The summed E-state index contributed by atoms with van der Waals surface area (Å²) in [7, 11) is 0. The number of nitrogens with zero attached hydrogens (tertiary/aromatic N) is 3. The van der Waals surface area contributed by atoms with Gasteiger partial charge in [-0.1, -0.05) is 0 Å². The number of piperidine rings is 1. The van der Waals surface area contributed by atoms with Crippen LogP contribution >= 0.6 is 0 Å². The predicted molar refractivity (Wildman–Crippen MR) is 103 cm³/mol. The molecule has 2 aromatic rings. The van der Waals surface area contributed by atoms with Gasteiger partial charge in [0, 0.05) is 31.0 Å². The van der Waals surface area contributed by atoms with E-state index >= 15 is 0 Å². The van der Waals surface area contributed by atoms with Crippen molar-refractivity contribution in [1.29, 1.82) is 0 Å². The van der Waals surface area contributed by atoms with Crippen LogP contribution in [0.15, 0.2) is 48.8 Å². The quantitative estimate of drug-likeness (QED) is 0.742. The fraction of sp³-hybridized carbons (Fsp3) is 0.429. The van der Waals surface area contributed by atoms with Gasteiger partial charge in [-0.15, -0.1) is 0 Å². The molecule has 0 N–H and O–H groups in total. The van der Waals surface area contributed by atoms with Crippen molar-refractivity contribution in [3.8, 4) is 0 Å². The van der Waals surface area contributed by atoms with Gasteiger partial charge in [0.15, 0.2) is 0 Å². The highest BCUT2D eigenvalue weighted by Crippen LogP contribution is 2.35. The highest BCUT2D eigenvalue weighted by molar-refractivity contribution is 5.81. The van der Waals surface area contributed by atoms with Crippen molar-refractivity contribution in [3.05, 3.63) is 54.4 Å². The van der Waals surface area contributed by atoms with Crippen LogP contribution in [0, 0.1) is 0 Å². The van der Waals surface area contributed by atoms with Crippen LogP contribution in [-0.4, -0.2) is 40.8 Å². The van der Waals surface area contributed by atoms with Crippen LogP contribution in [0.5, 0.6) is 0 Å². The van der Waals surface area contributed by atoms with Crippen molar-refractivity contribution < 1.29 is 18.0 Å². The number of ketones is 1. The number of carbonyl (C=O) groups is 1. The highest BCUT2D eigenvalue weighted by Gasteiger charge is 2.32. The third-order valence-electron chi connectivity index (χ3n) is 5.40. The van der Waals surface area contributed by atoms with E-state index in [0.29, 0.717) is 5.69 Å². The summed E-state index contributed by atoms with van der Waals surface area (Å²) in [6, 6.07) is 9.00. The number of benzene rings is 1. The number of hydrogen-bond donors (Lipinski definition) is 0. The monoisotopic (exact) mass is 391 g/mol. The number of carbonyl (C=O) groups excluding carboxylic acids is 1. The standard InChI is InChI=1S/C21H24F3N3O/c1-15(16(2)28)26-12-9-19(10-13-26)27(20-4-3-11-25-14-20)18-7-5-17(6-8-18)21(22,23)24/h3-8,11,14-15,19H,9-10,12-13H2,1-2H3. The first-order valence-electron chi connectivity index (χ1n) is 9.38. The lowest BCUT2D eigenvalue weighted by Crippen LogP contribution is -2.48. The Morgan fingerprint density at radius 2 is 1.79 bits per heavy atom. The van der Waals surface area contributed by atoms with Gasteiger partial charge in [0.25, 0.3) is 0 Å².